The van der Waals surface area contributed by atoms with E-state index in [1.807, 2.05) is 0 Å². The van der Waals surface area contributed by atoms with Gasteiger partial charge in [-0.15, -0.1) is 0 Å². The van der Waals surface area contributed by atoms with Gasteiger partial charge in [-0.1, -0.05) is 0 Å². The molecule has 0 atom stereocenters. The standard InChI is InChI=1S/C6H10N2O3.C5H8N2O2.Ag/c1-6(2)4(10)7-5(11)8(6)3-9;1-6-3-4(8)7(2)5(6)9;/h9H,3H2,1-2H3,(H,7,10,11);3H2,1-2H3;. The van der Waals surface area contributed by atoms with Crippen LogP contribution >= 0.6 is 0 Å². The minimum Gasteiger partial charge on any atom is -0.376 e. The van der Waals surface area contributed by atoms with Crippen LogP contribution in [0.1, 0.15) is 13.8 Å². The number of aliphatic hydroxyl groups is 1. The summed E-state index contributed by atoms with van der Waals surface area (Å²) in [7, 11) is 3.08. The molecule has 2 N–H and O–H groups in total. The van der Waals surface area contributed by atoms with Gasteiger partial charge in [0.25, 0.3) is 5.91 Å². The van der Waals surface area contributed by atoms with E-state index in [0.717, 1.165) is 9.80 Å². The predicted octanol–water partition coefficient (Wildman–Crippen LogP) is -1.23. The summed E-state index contributed by atoms with van der Waals surface area (Å²) in [4.78, 5) is 46.8. The summed E-state index contributed by atoms with van der Waals surface area (Å²) in [6.45, 7) is 2.92. The van der Waals surface area contributed by atoms with Crippen LogP contribution < -0.4 is 5.32 Å². The van der Waals surface area contributed by atoms with Crippen molar-refractivity contribution in [3.8, 4) is 0 Å². The number of imide groups is 2. The molecule has 2 saturated heterocycles. The first-order valence-corrected chi connectivity index (χ1v) is 5.88. The van der Waals surface area contributed by atoms with E-state index in [-0.39, 0.29) is 46.8 Å². The molecule has 0 aromatic rings. The van der Waals surface area contributed by atoms with Crippen LogP contribution in [0.25, 0.3) is 0 Å². The molecule has 0 bridgehead atoms. The average Bonchev–Trinajstić information content (AvgIpc) is 2.68. The molecule has 9 nitrogen and oxygen atoms in total. The number of nitrogens with zero attached hydrogens (tertiary/aromatic N) is 3. The molecule has 2 heterocycles. The van der Waals surface area contributed by atoms with E-state index >= 15 is 0 Å². The summed E-state index contributed by atoms with van der Waals surface area (Å²) in [5, 5.41) is 10.8. The van der Waals surface area contributed by atoms with Crippen LogP contribution in [0.5, 0.6) is 0 Å². The smallest absolute Gasteiger partial charge is 0.326 e. The number of amides is 6. The monoisotopic (exact) mass is 393 g/mol. The van der Waals surface area contributed by atoms with Crippen LogP contribution in [0.15, 0.2) is 0 Å². The van der Waals surface area contributed by atoms with Gasteiger partial charge in [-0.2, -0.15) is 0 Å². The molecule has 1 radical (unpaired) electrons. The summed E-state index contributed by atoms with van der Waals surface area (Å²) in [6.07, 6.45) is 0. The minimum absolute atomic E-state index is 0. The fourth-order valence-corrected chi connectivity index (χ4v) is 1.67. The Morgan fingerprint density at radius 3 is 1.86 bits per heavy atom. The fraction of sp³-hybridized carbons (Fsp3) is 0.636. The van der Waals surface area contributed by atoms with Gasteiger partial charge in [-0.25, -0.2) is 9.59 Å². The van der Waals surface area contributed by atoms with Crippen molar-refractivity contribution < 1.29 is 46.7 Å². The van der Waals surface area contributed by atoms with Crippen molar-refractivity contribution in [1.29, 1.82) is 0 Å². The minimum atomic E-state index is -0.925. The number of hydrogen-bond donors (Lipinski definition) is 2. The molecule has 21 heavy (non-hydrogen) atoms. The third-order valence-corrected chi connectivity index (χ3v) is 3.20. The number of urea groups is 2. The zero-order chi connectivity index (χ0) is 15.7. The number of aliphatic hydroxyl groups excluding tert-OH is 1. The summed E-state index contributed by atoms with van der Waals surface area (Å²) < 4.78 is 0. The predicted molar refractivity (Wildman–Crippen MR) is 67.3 cm³/mol. The normalized spacial score (nSPS) is 20.1. The number of carbonyl (C=O) groups excluding carboxylic acids is 4. The Balaban J connectivity index is 0.000000370. The van der Waals surface area contributed by atoms with Crippen LogP contribution in [-0.4, -0.2) is 76.6 Å². The second kappa shape index (κ2) is 7.03. The molecule has 2 rings (SSSR count). The molecule has 0 spiro atoms. The number of carbonyl (C=O) groups is 4. The van der Waals surface area contributed by atoms with Gasteiger partial charge in [0.1, 0.15) is 18.8 Å². The van der Waals surface area contributed by atoms with E-state index in [1.165, 1.54) is 11.9 Å². The molecule has 2 aliphatic rings. The first-order valence-electron chi connectivity index (χ1n) is 5.88. The van der Waals surface area contributed by atoms with Crippen LogP contribution in [0.2, 0.25) is 0 Å². The number of hydrogen-bond acceptors (Lipinski definition) is 5. The quantitative estimate of drug-likeness (QED) is 0.428. The number of likely N-dealkylation sites (N-methyl/N-ethyl adjacent to an activating group) is 2. The van der Waals surface area contributed by atoms with Gasteiger partial charge in [0.05, 0.1) is 0 Å². The summed E-state index contributed by atoms with van der Waals surface area (Å²) in [6, 6.07) is -0.762. The Morgan fingerprint density at radius 2 is 1.71 bits per heavy atom. The molecule has 123 valence electrons. The van der Waals surface area contributed by atoms with Crippen LogP contribution in [0, 0.1) is 0 Å². The maximum atomic E-state index is 11.0. The molecule has 2 fully saturated rings. The van der Waals surface area contributed by atoms with Gasteiger partial charge < -0.3 is 10.0 Å². The van der Waals surface area contributed by atoms with Gasteiger partial charge in [-0.3, -0.25) is 24.7 Å². The van der Waals surface area contributed by atoms with Crippen molar-refractivity contribution in [2.45, 2.75) is 19.4 Å². The second-order valence-corrected chi connectivity index (χ2v) is 4.98. The molecule has 0 aromatic heterocycles. The fourth-order valence-electron chi connectivity index (χ4n) is 1.67. The molecular formula is C11H18AgN4O5. The van der Waals surface area contributed by atoms with Gasteiger partial charge in [-0.05, 0) is 13.8 Å². The molecule has 10 heteroatoms. The van der Waals surface area contributed by atoms with E-state index < -0.39 is 18.3 Å². The molecule has 0 saturated carbocycles. The van der Waals surface area contributed by atoms with E-state index in [2.05, 4.69) is 5.32 Å². The zero-order valence-corrected chi connectivity index (χ0v) is 13.6. The van der Waals surface area contributed by atoms with Gasteiger partial charge in [0.2, 0.25) is 5.91 Å². The first-order chi connectivity index (χ1) is 9.12. The largest absolute Gasteiger partial charge is 0.376 e. The van der Waals surface area contributed by atoms with Gasteiger partial charge in [0.15, 0.2) is 0 Å². The SMILES string of the molecule is CC1(C)C(=O)NC(=O)N1CO.CN1CC(=O)N(C)C1=O.[Ag]. The van der Waals surface area contributed by atoms with Crippen molar-refractivity contribution in [2.24, 2.45) is 0 Å². The third-order valence-electron chi connectivity index (χ3n) is 3.20. The Kier molecular flexibility index (Phi) is 6.55. The third kappa shape index (κ3) is 3.82. The summed E-state index contributed by atoms with van der Waals surface area (Å²) >= 11 is 0. The topological polar surface area (TPSA) is 110 Å². The van der Waals surface area contributed by atoms with E-state index in [1.54, 1.807) is 20.9 Å². The molecule has 0 unspecified atom stereocenters. The molecule has 0 aliphatic carbocycles. The van der Waals surface area contributed by atoms with Gasteiger partial charge in [0, 0.05) is 36.5 Å². The van der Waals surface area contributed by atoms with Crippen LogP contribution in [0.4, 0.5) is 9.59 Å². The van der Waals surface area contributed by atoms with Crippen LogP contribution in [0.3, 0.4) is 0 Å². The molecule has 2 aliphatic heterocycles. The van der Waals surface area contributed by atoms with Crippen molar-refractivity contribution in [3.05, 3.63) is 0 Å². The molecular weight excluding hydrogens is 376 g/mol. The maximum Gasteiger partial charge on any atom is 0.326 e. The Hall–Kier alpha value is -1.42. The van der Waals surface area contributed by atoms with E-state index in [9.17, 15) is 19.2 Å². The van der Waals surface area contributed by atoms with Crippen molar-refractivity contribution >= 4 is 23.9 Å². The van der Waals surface area contributed by atoms with Crippen molar-refractivity contribution in [2.75, 3.05) is 27.4 Å². The Bertz CT molecular complexity index is 468. The first kappa shape index (κ1) is 19.6. The summed E-state index contributed by atoms with van der Waals surface area (Å²) in [5.74, 6) is -0.515. The Labute approximate surface area is 137 Å². The second-order valence-electron chi connectivity index (χ2n) is 4.98. The average molecular weight is 394 g/mol. The van der Waals surface area contributed by atoms with Crippen molar-refractivity contribution in [1.82, 2.24) is 20.0 Å². The van der Waals surface area contributed by atoms with Gasteiger partial charge >= 0.3 is 12.1 Å². The Morgan fingerprint density at radius 1 is 1.19 bits per heavy atom. The van der Waals surface area contributed by atoms with E-state index in [0.29, 0.717) is 0 Å². The van der Waals surface area contributed by atoms with Crippen molar-refractivity contribution in [3.63, 3.8) is 0 Å². The zero-order valence-electron chi connectivity index (χ0n) is 12.1. The maximum absolute atomic E-state index is 11.0. The van der Waals surface area contributed by atoms with Crippen LogP contribution in [-0.2, 0) is 32.0 Å². The molecule has 6 amide bonds. The number of rotatable bonds is 1. The number of nitrogens with one attached hydrogen (secondary N) is 1. The molecule has 0 aromatic carbocycles. The summed E-state index contributed by atoms with van der Waals surface area (Å²) in [5.41, 5.74) is -0.925. The van der Waals surface area contributed by atoms with E-state index in [4.69, 9.17) is 5.11 Å².